The molecule has 0 amide bonds. The number of fused-ring (bicyclic) bond motifs is 1. The molecule has 2 atom stereocenters. The van der Waals surface area contributed by atoms with Crippen molar-refractivity contribution in [2.24, 2.45) is 0 Å². The molecule has 0 radical (unpaired) electrons. The lowest BCUT2D eigenvalue weighted by Gasteiger charge is -2.34. The summed E-state index contributed by atoms with van der Waals surface area (Å²) in [5.74, 6) is -2.75. The molecule has 0 saturated heterocycles. The Morgan fingerprint density at radius 3 is 2.16 bits per heavy atom. The molecule has 9 nitrogen and oxygen atoms in total. The van der Waals surface area contributed by atoms with Gasteiger partial charge in [-0.05, 0) is 30.3 Å². The molecule has 160 valence electrons. The minimum absolute atomic E-state index is 0.0174. The zero-order valence-corrected chi connectivity index (χ0v) is 15.9. The first-order chi connectivity index (χ1) is 14.7. The van der Waals surface area contributed by atoms with Crippen molar-refractivity contribution in [3.63, 3.8) is 0 Å². The number of ether oxygens (including phenoxy) is 2. The third-order valence-electron chi connectivity index (χ3n) is 4.96. The van der Waals surface area contributed by atoms with Crippen molar-refractivity contribution in [2.45, 2.75) is 18.6 Å². The maximum Gasteiger partial charge on any atom is 0.338 e. The van der Waals surface area contributed by atoms with E-state index in [1.165, 1.54) is 30.3 Å². The molecule has 1 heterocycles. The van der Waals surface area contributed by atoms with Gasteiger partial charge in [-0.1, -0.05) is 6.07 Å². The predicted octanol–water partition coefficient (Wildman–Crippen LogP) is 2.82. The molecule has 0 aromatic heterocycles. The second-order valence-corrected chi connectivity index (χ2v) is 7.08. The monoisotopic (exact) mass is 426 g/mol. The molecule has 0 unspecified atom stereocenters. The number of esters is 1. The molecule has 3 aromatic carbocycles. The summed E-state index contributed by atoms with van der Waals surface area (Å²) in [6, 6.07) is 9.87. The predicted molar refractivity (Wildman–Crippen MR) is 106 cm³/mol. The van der Waals surface area contributed by atoms with E-state index in [-0.39, 0.29) is 35.0 Å². The van der Waals surface area contributed by atoms with E-state index in [1.54, 1.807) is 0 Å². The topological polar surface area (TPSA) is 157 Å². The van der Waals surface area contributed by atoms with Gasteiger partial charge in [0.2, 0.25) is 0 Å². The second kappa shape index (κ2) is 7.52. The Balaban J connectivity index is 1.71. The Morgan fingerprint density at radius 2 is 1.48 bits per heavy atom. The van der Waals surface area contributed by atoms with Crippen LogP contribution in [-0.4, -0.2) is 42.7 Å². The summed E-state index contributed by atoms with van der Waals surface area (Å²) in [4.78, 5) is 12.7. The lowest BCUT2D eigenvalue weighted by molar-refractivity contribution is -0.0188. The molecule has 0 fully saturated rings. The Labute approximate surface area is 175 Å². The van der Waals surface area contributed by atoms with Crippen LogP contribution in [0.25, 0.3) is 0 Å². The molecule has 0 saturated carbocycles. The molecular weight excluding hydrogens is 408 g/mol. The largest absolute Gasteiger partial charge is 0.508 e. The SMILES string of the molecule is O=C(O[C@H]1Cc2c(O)cc(O)cc2O[C@@H]1c1ccc(O)c(O)c1)c1ccc(O)c(O)c1. The van der Waals surface area contributed by atoms with E-state index in [2.05, 4.69) is 0 Å². The van der Waals surface area contributed by atoms with E-state index >= 15 is 0 Å². The van der Waals surface area contributed by atoms with Crippen LogP contribution in [0.2, 0.25) is 0 Å². The molecule has 6 N–H and O–H groups in total. The van der Waals surface area contributed by atoms with E-state index in [0.29, 0.717) is 11.1 Å². The van der Waals surface area contributed by atoms with Gasteiger partial charge in [0.15, 0.2) is 29.1 Å². The highest BCUT2D eigenvalue weighted by Gasteiger charge is 2.36. The van der Waals surface area contributed by atoms with Gasteiger partial charge < -0.3 is 40.1 Å². The summed E-state index contributed by atoms with van der Waals surface area (Å²) in [6.07, 6.45) is -1.91. The van der Waals surface area contributed by atoms with Crippen LogP contribution in [0.3, 0.4) is 0 Å². The van der Waals surface area contributed by atoms with Crippen LogP contribution < -0.4 is 4.74 Å². The number of phenols is 6. The molecule has 3 aromatic rings. The van der Waals surface area contributed by atoms with Crippen molar-refractivity contribution < 1.29 is 44.9 Å². The van der Waals surface area contributed by atoms with Gasteiger partial charge >= 0.3 is 5.97 Å². The molecule has 4 rings (SSSR count). The smallest absolute Gasteiger partial charge is 0.338 e. The van der Waals surface area contributed by atoms with Crippen LogP contribution in [0.15, 0.2) is 48.5 Å². The van der Waals surface area contributed by atoms with E-state index in [9.17, 15) is 35.4 Å². The molecule has 1 aliphatic rings. The van der Waals surface area contributed by atoms with Crippen LogP contribution in [0.5, 0.6) is 40.2 Å². The summed E-state index contributed by atoms with van der Waals surface area (Å²) >= 11 is 0. The maximum absolute atomic E-state index is 12.7. The number of hydrogen-bond acceptors (Lipinski definition) is 9. The number of phenolic OH excluding ortho intramolecular Hbond substituents is 6. The number of hydrogen-bond donors (Lipinski definition) is 6. The van der Waals surface area contributed by atoms with E-state index in [4.69, 9.17) is 9.47 Å². The van der Waals surface area contributed by atoms with E-state index in [1.807, 2.05) is 0 Å². The van der Waals surface area contributed by atoms with Crippen molar-refractivity contribution in [1.82, 2.24) is 0 Å². The molecule has 0 spiro atoms. The Hall–Kier alpha value is -4.27. The van der Waals surface area contributed by atoms with E-state index in [0.717, 1.165) is 18.2 Å². The highest BCUT2D eigenvalue weighted by atomic mass is 16.6. The third-order valence-corrected chi connectivity index (χ3v) is 4.96. The van der Waals surface area contributed by atoms with E-state index < -0.39 is 35.4 Å². The number of carbonyl (C=O) groups excluding carboxylic acids is 1. The standard InChI is InChI=1S/C22H18O9/c23-12-7-16(26)13-9-20(31-22(29)11-2-4-15(25)18(28)6-11)21(30-19(13)8-12)10-1-3-14(24)17(27)5-10/h1-8,20-21,23-28H,9H2/t20-,21+/m0/s1. The summed E-state index contributed by atoms with van der Waals surface area (Å²) in [6.45, 7) is 0. The van der Waals surface area contributed by atoms with Crippen LogP contribution in [0.1, 0.15) is 27.6 Å². The molecule has 1 aliphatic heterocycles. The molecule has 9 heteroatoms. The van der Waals surface area contributed by atoms with Gasteiger partial charge in [0.05, 0.1) is 5.56 Å². The van der Waals surface area contributed by atoms with Gasteiger partial charge in [-0.15, -0.1) is 0 Å². The van der Waals surface area contributed by atoms with Crippen LogP contribution in [-0.2, 0) is 11.2 Å². The van der Waals surface area contributed by atoms with Crippen molar-refractivity contribution in [3.05, 3.63) is 65.2 Å². The van der Waals surface area contributed by atoms with Crippen LogP contribution in [0, 0.1) is 0 Å². The van der Waals surface area contributed by atoms with Crippen LogP contribution >= 0.6 is 0 Å². The highest BCUT2D eigenvalue weighted by molar-refractivity contribution is 5.90. The zero-order chi connectivity index (χ0) is 22.3. The van der Waals surface area contributed by atoms with Crippen molar-refractivity contribution >= 4 is 5.97 Å². The molecule has 0 bridgehead atoms. The molecule has 0 aliphatic carbocycles. The Morgan fingerprint density at radius 1 is 0.806 bits per heavy atom. The van der Waals surface area contributed by atoms with Gasteiger partial charge in [0.25, 0.3) is 0 Å². The minimum Gasteiger partial charge on any atom is -0.508 e. The number of benzene rings is 3. The first-order valence-electron chi connectivity index (χ1n) is 9.19. The fraction of sp³-hybridized carbons (Fsp3) is 0.136. The third kappa shape index (κ3) is 3.80. The number of carbonyl (C=O) groups is 1. The van der Waals surface area contributed by atoms with Gasteiger partial charge in [-0.2, -0.15) is 0 Å². The minimum atomic E-state index is -0.977. The zero-order valence-electron chi connectivity index (χ0n) is 15.9. The summed E-state index contributed by atoms with van der Waals surface area (Å²) < 4.78 is 11.5. The fourth-order valence-electron chi connectivity index (χ4n) is 3.41. The first kappa shape index (κ1) is 20.0. The average Bonchev–Trinajstić information content (AvgIpc) is 2.72. The van der Waals surface area contributed by atoms with Gasteiger partial charge in [0.1, 0.15) is 23.4 Å². The quantitative estimate of drug-likeness (QED) is 0.274. The maximum atomic E-state index is 12.7. The number of aromatic hydroxyl groups is 6. The van der Waals surface area contributed by atoms with Gasteiger partial charge in [-0.25, -0.2) is 4.79 Å². The van der Waals surface area contributed by atoms with Crippen molar-refractivity contribution in [3.8, 4) is 40.2 Å². The highest BCUT2D eigenvalue weighted by Crippen LogP contribution is 2.44. The Kier molecular flexibility index (Phi) is 4.86. The number of rotatable bonds is 3. The van der Waals surface area contributed by atoms with Gasteiger partial charge in [-0.3, -0.25) is 0 Å². The summed E-state index contributed by atoms with van der Waals surface area (Å²) in [5.41, 5.74) is 0.655. The first-order valence-corrected chi connectivity index (χ1v) is 9.19. The molecular formula is C22H18O9. The van der Waals surface area contributed by atoms with Gasteiger partial charge in [0, 0.05) is 29.7 Å². The normalized spacial score (nSPS) is 17.4. The lowest BCUT2D eigenvalue weighted by Crippen LogP contribution is -2.34. The average molecular weight is 426 g/mol. The van der Waals surface area contributed by atoms with Crippen molar-refractivity contribution in [1.29, 1.82) is 0 Å². The Bertz CT molecular complexity index is 1170. The second-order valence-electron chi connectivity index (χ2n) is 7.08. The lowest BCUT2D eigenvalue weighted by atomic mass is 9.93. The fourth-order valence-corrected chi connectivity index (χ4v) is 3.41. The summed E-state index contributed by atoms with van der Waals surface area (Å²) in [7, 11) is 0. The molecule has 31 heavy (non-hydrogen) atoms. The summed E-state index contributed by atoms with van der Waals surface area (Å²) in [5, 5.41) is 58.5. The van der Waals surface area contributed by atoms with Crippen molar-refractivity contribution in [2.75, 3.05) is 0 Å². The van der Waals surface area contributed by atoms with Crippen LogP contribution in [0.4, 0.5) is 0 Å².